The summed E-state index contributed by atoms with van der Waals surface area (Å²) in [5.41, 5.74) is 0. The van der Waals surface area contributed by atoms with Gasteiger partial charge in [0, 0.05) is 33.3 Å². The second kappa shape index (κ2) is 7.07. The Labute approximate surface area is 110 Å². The van der Waals surface area contributed by atoms with E-state index in [9.17, 15) is 4.79 Å². The summed E-state index contributed by atoms with van der Waals surface area (Å²) in [5, 5.41) is 0. The van der Waals surface area contributed by atoms with E-state index >= 15 is 0 Å². The summed E-state index contributed by atoms with van der Waals surface area (Å²) >= 11 is 0. The smallest absolute Gasteiger partial charge is 0.248 e. The van der Waals surface area contributed by atoms with Gasteiger partial charge < -0.3 is 14.4 Å². The van der Waals surface area contributed by atoms with Crippen molar-refractivity contribution in [1.29, 1.82) is 0 Å². The van der Waals surface area contributed by atoms with Crippen LogP contribution in [0.3, 0.4) is 0 Å². The summed E-state index contributed by atoms with van der Waals surface area (Å²) in [6, 6.07) is 0.378. The van der Waals surface area contributed by atoms with Gasteiger partial charge >= 0.3 is 0 Å². The fraction of sp³-hybridized carbons (Fsp3) is 0.923. The highest BCUT2D eigenvalue weighted by molar-refractivity contribution is 5.77. The number of hydrogen-bond donors (Lipinski definition) is 0. The van der Waals surface area contributed by atoms with E-state index in [-0.39, 0.29) is 24.7 Å². The first-order valence-electron chi connectivity index (χ1n) is 6.52. The van der Waals surface area contributed by atoms with Crippen LogP contribution in [0.4, 0.5) is 0 Å². The summed E-state index contributed by atoms with van der Waals surface area (Å²) in [6.07, 6.45) is 1.36. The minimum Gasteiger partial charge on any atom is -0.380 e. The molecule has 0 bridgehead atoms. The van der Waals surface area contributed by atoms with Crippen LogP contribution in [-0.2, 0) is 14.3 Å². The third kappa shape index (κ3) is 4.55. The molecule has 0 aromatic rings. The third-order valence-corrected chi connectivity index (χ3v) is 3.43. The van der Waals surface area contributed by atoms with Crippen molar-refractivity contribution >= 4 is 5.91 Å². The molecule has 1 rings (SSSR count). The molecule has 1 aliphatic rings. The summed E-state index contributed by atoms with van der Waals surface area (Å²) < 4.78 is 10.7. The molecule has 106 valence electrons. The number of amides is 1. The van der Waals surface area contributed by atoms with Gasteiger partial charge in [-0.15, -0.1) is 0 Å². The van der Waals surface area contributed by atoms with Crippen molar-refractivity contribution in [2.45, 2.75) is 38.5 Å². The Hall–Kier alpha value is -0.650. The van der Waals surface area contributed by atoms with Gasteiger partial charge in [-0.05, 0) is 27.3 Å². The first-order valence-corrected chi connectivity index (χ1v) is 6.52. The molecular weight excluding hydrogens is 232 g/mol. The Morgan fingerprint density at radius 2 is 2.17 bits per heavy atom. The summed E-state index contributed by atoms with van der Waals surface area (Å²) in [5.74, 6) is 0.0398. The minimum atomic E-state index is 0.0398. The number of rotatable bonds is 6. The van der Waals surface area contributed by atoms with Gasteiger partial charge in [0.1, 0.15) is 6.61 Å². The SMILES string of the molecule is CO[C@H]1C[C@@H](CN(C)C(=O)COC(C)C)N(C)C1. The van der Waals surface area contributed by atoms with Crippen molar-refractivity contribution in [1.82, 2.24) is 9.80 Å². The Morgan fingerprint density at radius 1 is 1.50 bits per heavy atom. The molecule has 2 atom stereocenters. The lowest BCUT2D eigenvalue weighted by molar-refractivity contribution is -0.136. The Kier molecular flexibility index (Phi) is 6.05. The van der Waals surface area contributed by atoms with E-state index in [2.05, 4.69) is 11.9 Å². The van der Waals surface area contributed by atoms with E-state index in [1.807, 2.05) is 20.9 Å². The van der Waals surface area contributed by atoms with E-state index in [1.165, 1.54) is 0 Å². The van der Waals surface area contributed by atoms with Crippen molar-refractivity contribution in [2.75, 3.05) is 40.9 Å². The topological polar surface area (TPSA) is 42.0 Å². The normalized spacial score (nSPS) is 24.8. The number of carbonyl (C=O) groups excluding carboxylic acids is 1. The molecule has 1 saturated heterocycles. The highest BCUT2D eigenvalue weighted by Gasteiger charge is 2.30. The van der Waals surface area contributed by atoms with Gasteiger partial charge in [-0.2, -0.15) is 0 Å². The van der Waals surface area contributed by atoms with E-state index in [4.69, 9.17) is 9.47 Å². The van der Waals surface area contributed by atoms with Gasteiger partial charge in [-0.3, -0.25) is 9.69 Å². The second-order valence-corrected chi connectivity index (χ2v) is 5.32. The Balaban J connectivity index is 2.35. The number of likely N-dealkylation sites (N-methyl/N-ethyl adjacent to an activating group) is 2. The average molecular weight is 258 g/mol. The maximum atomic E-state index is 11.8. The molecule has 5 heteroatoms. The number of likely N-dealkylation sites (tertiary alicyclic amines) is 1. The van der Waals surface area contributed by atoms with Crippen molar-refractivity contribution < 1.29 is 14.3 Å². The lowest BCUT2D eigenvalue weighted by Crippen LogP contribution is -2.41. The number of methoxy groups -OCH3 is 1. The highest BCUT2D eigenvalue weighted by Crippen LogP contribution is 2.18. The summed E-state index contributed by atoms with van der Waals surface area (Å²) in [6.45, 7) is 5.70. The van der Waals surface area contributed by atoms with Gasteiger partial charge in [0.15, 0.2) is 0 Å². The van der Waals surface area contributed by atoms with Crippen LogP contribution in [-0.4, -0.2) is 74.9 Å². The predicted molar refractivity (Wildman–Crippen MR) is 70.6 cm³/mol. The van der Waals surface area contributed by atoms with Crippen LogP contribution in [0.1, 0.15) is 20.3 Å². The molecule has 18 heavy (non-hydrogen) atoms. The van der Waals surface area contributed by atoms with Crippen LogP contribution in [0.2, 0.25) is 0 Å². The monoisotopic (exact) mass is 258 g/mol. The number of ether oxygens (including phenoxy) is 2. The molecule has 0 unspecified atom stereocenters. The molecule has 0 aromatic heterocycles. The van der Waals surface area contributed by atoms with E-state index in [1.54, 1.807) is 12.0 Å². The zero-order valence-corrected chi connectivity index (χ0v) is 12.2. The van der Waals surface area contributed by atoms with Gasteiger partial charge in [0.05, 0.1) is 12.2 Å². The second-order valence-electron chi connectivity index (χ2n) is 5.32. The molecular formula is C13H26N2O3. The first-order chi connectivity index (χ1) is 8.43. The molecule has 0 aromatic carbocycles. The molecule has 0 saturated carbocycles. The van der Waals surface area contributed by atoms with Gasteiger partial charge in [0.25, 0.3) is 0 Å². The van der Waals surface area contributed by atoms with Crippen molar-refractivity contribution in [2.24, 2.45) is 0 Å². The van der Waals surface area contributed by atoms with E-state index in [0.717, 1.165) is 19.5 Å². The summed E-state index contributed by atoms with van der Waals surface area (Å²) in [4.78, 5) is 15.8. The Morgan fingerprint density at radius 3 is 2.67 bits per heavy atom. The van der Waals surface area contributed by atoms with Crippen LogP contribution >= 0.6 is 0 Å². The van der Waals surface area contributed by atoms with Crippen molar-refractivity contribution in [3.8, 4) is 0 Å². The quantitative estimate of drug-likeness (QED) is 0.699. The maximum absolute atomic E-state index is 11.8. The fourth-order valence-corrected chi connectivity index (χ4v) is 2.18. The van der Waals surface area contributed by atoms with Crippen LogP contribution in [0.5, 0.6) is 0 Å². The number of nitrogens with zero attached hydrogens (tertiary/aromatic N) is 2. The number of carbonyl (C=O) groups is 1. The van der Waals surface area contributed by atoms with Crippen LogP contribution < -0.4 is 0 Å². The molecule has 0 spiro atoms. The zero-order valence-electron chi connectivity index (χ0n) is 12.2. The van der Waals surface area contributed by atoms with Crippen LogP contribution in [0.25, 0.3) is 0 Å². The van der Waals surface area contributed by atoms with Gasteiger partial charge in [0.2, 0.25) is 5.91 Å². The lowest BCUT2D eigenvalue weighted by atomic mass is 10.2. The van der Waals surface area contributed by atoms with Crippen molar-refractivity contribution in [3.63, 3.8) is 0 Å². The fourth-order valence-electron chi connectivity index (χ4n) is 2.18. The van der Waals surface area contributed by atoms with Gasteiger partial charge in [-0.25, -0.2) is 0 Å². The van der Waals surface area contributed by atoms with Crippen LogP contribution in [0.15, 0.2) is 0 Å². The van der Waals surface area contributed by atoms with Crippen LogP contribution in [0, 0.1) is 0 Å². The molecule has 0 aliphatic carbocycles. The highest BCUT2D eigenvalue weighted by atomic mass is 16.5. The molecule has 0 radical (unpaired) electrons. The first kappa shape index (κ1) is 15.4. The molecule has 1 amide bonds. The van der Waals surface area contributed by atoms with Gasteiger partial charge in [-0.1, -0.05) is 0 Å². The Bertz CT molecular complexity index is 271. The standard InChI is InChI=1S/C13H26N2O3/c1-10(2)18-9-13(16)15(4)7-11-6-12(17-5)8-14(11)3/h10-12H,6-9H2,1-5H3/t11-,12-/m0/s1. The minimum absolute atomic E-state index is 0.0398. The number of hydrogen-bond acceptors (Lipinski definition) is 4. The van der Waals surface area contributed by atoms with Crippen molar-refractivity contribution in [3.05, 3.63) is 0 Å². The maximum Gasteiger partial charge on any atom is 0.248 e. The third-order valence-electron chi connectivity index (χ3n) is 3.43. The predicted octanol–water partition coefficient (Wildman–Crippen LogP) is 0.589. The zero-order chi connectivity index (χ0) is 13.7. The van der Waals surface area contributed by atoms with E-state index in [0.29, 0.717) is 6.04 Å². The molecule has 1 aliphatic heterocycles. The molecule has 1 heterocycles. The largest absolute Gasteiger partial charge is 0.380 e. The molecule has 1 fully saturated rings. The molecule has 5 nitrogen and oxygen atoms in total. The average Bonchev–Trinajstić information content (AvgIpc) is 2.67. The molecule has 0 N–H and O–H groups in total. The lowest BCUT2D eigenvalue weighted by Gasteiger charge is -2.25. The summed E-state index contributed by atoms with van der Waals surface area (Å²) in [7, 11) is 5.65. The van der Waals surface area contributed by atoms with E-state index < -0.39 is 0 Å².